The summed E-state index contributed by atoms with van der Waals surface area (Å²) in [6.07, 6.45) is 0. The van der Waals surface area contributed by atoms with Crippen LogP contribution in [0, 0.1) is 6.92 Å². The lowest BCUT2D eigenvalue weighted by Gasteiger charge is -2.06. The normalized spacial score (nSPS) is 10.8. The number of rotatable bonds is 3. The lowest BCUT2D eigenvalue weighted by atomic mass is 10.1. The quantitative estimate of drug-likeness (QED) is 0.706. The zero-order valence-corrected chi connectivity index (χ0v) is 14.2. The van der Waals surface area contributed by atoms with E-state index in [0.717, 1.165) is 11.1 Å². The van der Waals surface area contributed by atoms with Crippen LogP contribution in [-0.4, -0.2) is 5.91 Å². The molecule has 0 saturated carbocycles. The first-order valence-corrected chi connectivity index (χ1v) is 7.96. The Balaban J connectivity index is 1.88. The molecule has 0 aliphatic heterocycles. The Kier molecular flexibility index (Phi) is 4.60. The second kappa shape index (κ2) is 6.67. The van der Waals surface area contributed by atoms with Crippen molar-refractivity contribution in [1.29, 1.82) is 0 Å². The Hall–Kier alpha value is -2.30. The van der Waals surface area contributed by atoms with Crippen molar-refractivity contribution in [2.24, 2.45) is 0 Å². The first kappa shape index (κ1) is 16.6. The van der Waals surface area contributed by atoms with Crippen LogP contribution in [-0.2, 0) is 6.54 Å². The maximum absolute atomic E-state index is 12.3. The number of hydrogen-bond acceptors (Lipinski definition) is 3. The van der Waals surface area contributed by atoms with Gasteiger partial charge >= 0.3 is 5.63 Å². The Bertz CT molecular complexity index is 978. The molecule has 0 saturated heterocycles. The van der Waals surface area contributed by atoms with Gasteiger partial charge in [0.1, 0.15) is 5.56 Å². The van der Waals surface area contributed by atoms with Crippen molar-refractivity contribution in [3.05, 3.63) is 79.6 Å². The number of carbonyl (C=O) groups is 1. The molecule has 3 rings (SSSR count). The highest BCUT2D eigenvalue weighted by molar-refractivity contribution is 6.38. The fourth-order valence-corrected chi connectivity index (χ4v) is 2.85. The van der Waals surface area contributed by atoms with Crippen LogP contribution in [0.3, 0.4) is 0 Å². The summed E-state index contributed by atoms with van der Waals surface area (Å²) in [7, 11) is 0. The van der Waals surface area contributed by atoms with Crippen LogP contribution in [0.2, 0.25) is 10.0 Å². The van der Waals surface area contributed by atoms with Gasteiger partial charge in [0.05, 0.1) is 5.02 Å². The highest BCUT2D eigenvalue weighted by atomic mass is 35.5. The number of aryl methyl sites for hydroxylation is 1. The van der Waals surface area contributed by atoms with Gasteiger partial charge in [0.25, 0.3) is 5.91 Å². The molecule has 1 heterocycles. The third-order valence-corrected chi connectivity index (χ3v) is 4.07. The van der Waals surface area contributed by atoms with Crippen molar-refractivity contribution in [1.82, 2.24) is 5.32 Å². The van der Waals surface area contributed by atoms with E-state index in [9.17, 15) is 9.59 Å². The molecule has 0 spiro atoms. The molecule has 24 heavy (non-hydrogen) atoms. The van der Waals surface area contributed by atoms with E-state index < -0.39 is 11.5 Å². The molecule has 0 aliphatic rings. The molecule has 3 aromatic rings. The molecule has 0 unspecified atom stereocenters. The van der Waals surface area contributed by atoms with Gasteiger partial charge in [-0.05, 0) is 30.7 Å². The number of fused-ring (bicyclic) bond motifs is 1. The minimum Gasteiger partial charge on any atom is -0.421 e. The van der Waals surface area contributed by atoms with Crippen LogP contribution < -0.4 is 10.9 Å². The van der Waals surface area contributed by atoms with Gasteiger partial charge in [-0.2, -0.15) is 0 Å². The van der Waals surface area contributed by atoms with Crippen molar-refractivity contribution < 1.29 is 9.21 Å². The van der Waals surface area contributed by atoms with Crippen molar-refractivity contribution in [3.8, 4) is 0 Å². The van der Waals surface area contributed by atoms with E-state index in [1.165, 1.54) is 12.1 Å². The van der Waals surface area contributed by atoms with E-state index in [4.69, 9.17) is 27.6 Å². The molecule has 4 nitrogen and oxygen atoms in total. The molecule has 1 N–H and O–H groups in total. The molecule has 1 amide bonds. The minimum absolute atomic E-state index is 0.0899. The third kappa shape index (κ3) is 3.45. The lowest BCUT2D eigenvalue weighted by Crippen LogP contribution is -2.27. The SMILES string of the molecule is Cc1ccc(CNC(=O)c2cc3cc(Cl)cc(Cl)c3oc2=O)cc1. The van der Waals surface area contributed by atoms with E-state index in [1.807, 2.05) is 31.2 Å². The molecule has 6 heteroatoms. The average Bonchev–Trinajstić information content (AvgIpc) is 2.54. The second-order valence-electron chi connectivity index (χ2n) is 5.42. The van der Waals surface area contributed by atoms with Crippen LogP contribution in [0.1, 0.15) is 21.5 Å². The zero-order valence-electron chi connectivity index (χ0n) is 12.7. The molecule has 0 aliphatic carbocycles. The maximum Gasteiger partial charge on any atom is 0.349 e. The Labute approximate surface area is 148 Å². The van der Waals surface area contributed by atoms with Gasteiger partial charge in [-0.3, -0.25) is 4.79 Å². The summed E-state index contributed by atoms with van der Waals surface area (Å²) in [5.74, 6) is -0.512. The summed E-state index contributed by atoms with van der Waals surface area (Å²) in [6.45, 7) is 2.30. The van der Waals surface area contributed by atoms with Crippen molar-refractivity contribution >= 4 is 40.1 Å². The standard InChI is InChI=1S/C18H13Cl2NO3/c1-10-2-4-11(5-3-10)9-21-17(22)14-7-12-6-13(19)8-15(20)16(12)24-18(14)23/h2-8H,9H2,1H3,(H,21,22). The fraction of sp³-hybridized carbons (Fsp3) is 0.111. The third-order valence-electron chi connectivity index (χ3n) is 3.57. The van der Waals surface area contributed by atoms with Crippen LogP contribution >= 0.6 is 23.2 Å². The lowest BCUT2D eigenvalue weighted by molar-refractivity contribution is 0.0947. The van der Waals surface area contributed by atoms with Gasteiger partial charge in [0.2, 0.25) is 0 Å². The van der Waals surface area contributed by atoms with Gasteiger partial charge in [-0.1, -0.05) is 53.0 Å². The van der Waals surface area contributed by atoms with E-state index in [-0.39, 0.29) is 16.2 Å². The van der Waals surface area contributed by atoms with Crippen molar-refractivity contribution in [2.75, 3.05) is 0 Å². The zero-order chi connectivity index (χ0) is 17.3. The van der Waals surface area contributed by atoms with Crippen LogP contribution in [0.5, 0.6) is 0 Å². The number of amides is 1. The van der Waals surface area contributed by atoms with Gasteiger partial charge in [-0.25, -0.2) is 4.79 Å². The van der Waals surface area contributed by atoms with E-state index in [2.05, 4.69) is 5.32 Å². The number of nitrogens with one attached hydrogen (secondary N) is 1. The van der Waals surface area contributed by atoms with Crippen molar-refractivity contribution in [3.63, 3.8) is 0 Å². The Morgan fingerprint density at radius 1 is 1.12 bits per heavy atom. The molecule has 0 fully saturated rings. The molecule has 0 atom stereocenters. The highest BCUT2D eigenvalue weighted by Crippen LogP contribution is 2.27. The fourth-order valence-electron chi connectivity index (χ4n) is 2.30. The molecule has 2 aromatic carbocycles. The summed E-state index contributed by atoms with van der Waals surface area (Å²) < 4.78 is 5.16. The van der Waals surface area contributed by atoms with Gasteiger partial charge in [-0.15, -0.1) is 0 Å². The summed E-state index contributed by atoms with van der Waals surface area (Å²) in [5.41, 5.74) is 1.45. The molecular formula is C18H13Cl2NO3. The van der Waals surface area contributed by atoms with Gasteiger partial charge in [0.15, 0.2) is 5.58 Å². The largest absolute Gasteiger partial charge is 0.421 e. The van der Waals surface area contributed by atoms with E-state index >= 15 is 0 Å². The summed E-state index contributed by atoms with van der Waals surface area (Å²) in [4.78, 5) is 24.3. The van der Waals surface area contributed by atoms with Crippen molar-refractivity contribution in [2.45, 2.75) is 13.5 Å². The Morgan fingerprint density at radius 2 is 1.83 bits per heavy atom. The molecule has 1 aromatic heterocycles. The highest BCUT2D eigenvalue weighted by Gasteiger charge is 2.15. The molecular weight excluding hydrogens is 349 g/mol. The van der Waals surface area contributed by atoms with E-state index in [0.29, 0.717) is 17.0 Å². The number of carbonyl (C=O) groups excluding carboxylic acids is 1. The Morgan fingerprint density at radius 3 is 2.54 bits per heavy atom. The van der Waals surface area contributed by atoms with Crippen LogP contribution in [0.15, 0.2) is 51.7 Å². The summed E-state index contributed by atoms with van der Waals surface area (Å²) in [5, 5.41) is 3.82. The maximum atomic E-state index is 12.3. The minimum atomic E-state index is -0.742. The average molecular weight is 362 g/mol. The first-order chi connectivity index (χ1) is 11.4. The van der Waals surface area contributed by atoms with Gasteiger partial charge in [0, 0.05) is 17.0 Å². The predicted octanol–water partition coefficient (Wildman–Crippen LogP) is 4.34. The van der Waals surface area contributed by atoms with Gasteiger partial charge < -0.3 is 9.73 Å². The topological polar surface area (TPSA) is 59.3 Å². The predicted molar refractivity (Wildman–Crippen MR) is 94.9 cm³/mol. The second-order valence-corrected chi connectivity index (χ2v) is 6.27. The molecule has 0 radical (unpaired) electrons. The number of hydrogen-bond donors (Lipinski definition) is 1. The summed E-state index contributed by atoms with van der Waals surface area (Å²) in [6, 6.07) is 12.2. The monoisotopic (exact) mass is 361 g/mol. The van der Waals surface area contributed by atoms with Crippen LogP contribution in [0.25, 0.3) is 11.0 Å². The summed E-state index contributed by atoms with van der Waals surface area (Å²) >= 11 is 11.9. The first-order valence-electron chi connectivity index (χ1n) is 7.20. The van der Waals surface area contributed by atoms with E-state index in [1.54, 1.807) is 6.07 Å². The smallest absolute Gasteiger partial charge is 0.349 e. The molecule has 0 bridgehead atoms. The number of benzene rings is 2. The number of halogens is 2. The molecule has 122 valence electrons. The van der Waals surface area contributed by atoms with Crippen LogP contribution in [0.4, 0.5) is 0 Å².